The van der Waals surface area contributed by atoms with E-state index in [1.807, 2.05) is 12.1 Å². The largest absolute Gasteiger partial charge is 0.229 e. The highest BCUT2D eigenvalue weighted by Gasteiger charge is 2.04. The van der Waals surface area contributed by atoms with Gasteiger partial charge in [-0.2, -0.15) is 0 Å². The summed E-state index contributed by atoms with van der Waals surface area (Å²) in [4.78, 5) is 0. The molecule has 1 radical (unpaired) electrons. The first-order valence-electron chi connectivity index (χ1n) is 5.62. The van der Waals surface area contributed by atoms with Crippen LogP contribution >= 0.6 is 0 Å². The molecule has 0 saturated carbocycles. The Morgan fingerprint density at radius 2 is 1.44 bits per heavy atom. The summed E-state index contributed by atoms with van der Waals surface area (Å²) in [6.45, 7) is 2.93. The van der Waals surface area contributed by atoms with Gasteiger partial charge in [-0.25, -0.2) is 5.32 Å². The van der Waals surface area contributed by atoms with Gasteiger partial charge in [0.05, 0.1) is 0 Å². The van der Waals surface area contributed by atoms with Gasteiger partial charge in [-0.1, -0.05) is 60.7 Å². The predicted octanol–water partition coefficient (Wildman–Crippen LogP) is 3.55. The van der Waals surface area contributed by atoms with Crippen molar-refractivity contribution in [1.82, 2.24) is 5.32 Å². The standard InChI is InChI=1S/C15H16N/c1-13(15-10-6-3-7-11-15)16-12-14-8-4-2-5-9-14/h2-11,13H,12H2,1H3/t13-/m0/s1. The Labute approximate surface area is 97.1 Å². The third-order valence-corrected chi connectivity index (χ3v) is 2.67. The van der Waals surface area contributed by atoms with Gasteiger partial charge in [0.2, 0.25) is 0 Å². The van der Waals surface area contributed by atoms with Crippen LogP contribution in [0.25, 0.3) is 0 Å². The van der Waals surface area contributed by atoms with Crippen LogP contribution in [-0.4, -0.2) is 0 Å². The maximum Gasteiger partial charge on any atom is 0.0471 e. The van der Waals surface area contributed by atoms with Gasteiger partial charge in [0.15, 0.2) is 0 Å². The lowest BCUT2D eigenvalue weighted by atomic mass is 10.1. The molecular formula is C15H16N. The lowest BCUT2D eigenvalue weighted by molar-refractivity contribution is 0.561. The minimum absolute atomic E-state index is 0.265. The Bertz CT molecular complexity index is 408. The van der Waals surface area contributed by atoms with Crippen LogP contribution < -0.4 is 5.32 Å². The van der Waals surface area contributed by atoms with Gasteiger partial charge in [0.25, 0.3) is 0 Å². The van der Waals surface area contributed by atoms with Crippen molar-refractivity contribution in [3.63, 3.8) is 0 Å². The van der Waals surface area contributed by atoms with Crippen molar-refractivity contribution in [1.29, 1.82) is 0 Å². The molecule has 0 spiro atoms. The molecule has 0 aromatic heterocycles. The average molecular weight is 210 g/mol. The first-order chi connectivity index (χ1) is 7.86. The number of rotatable bonds is 4. The van der Waals surface area contributed by atoms with Crippen molar-refractivity contribution in [2.75, 3.05) is 0 Å². The normalized spacial score (nSPS) is 12.3. The maximum absolute atomic E-state index is 4.66. The van der Waals surface area contributed by atoms with E-state index >= 15 is 0 Å². The number of nitrogens with zero attached hydrogens (tertiary/aromatic N) is 1. The summed E-state index contributed by atoms with van der Waals surface area (Å²) < 4.78 is 0. The van der Waals surface area contributed by atoms with E-state index in [2.05, 4.69) is 60.8 Å². The molecule has 0 bridgehead atoms. The van der Waals surface area contributed by atoms with Gasteiger partial charge in [-0.3, -0.25) is 0 Å². The molecule has 2 aromatic rings. The summed E-state index contributed by atoms with van der Waals surface area (Å²) in [6, 6.07) is 21.0. The minimum atomic E-state index is 0.265. The van der Waals surface area contributed by atoms with Crippen LogP contribution in [0.3, 0.4) is 0 Å². The number of hydrogen-bond acceptors (Lipinski definition) is 0. The molecule has 0 fully saturated rings. The molecule has 0 aliphatic heterocycles. The Morgan fingerprint density at radius 3 is 2.06 bits per heavy atom. The van der Waals surface area contributed by atoms with Crippen LogP contribution in [0.2, 0.25) is 0 Å². The molecule has 2 rings (SSSR count). The smallest absolute Gasteiger partial charge is 0.0471 e. The fourth-order valence-electron chi connectivity index (χ4n) is 1.66. The lowest BCUT2D eigenvalue weighted by Crippen LogP contribution is -2.10. The third kappa shape index (κ3) is 2.94. The molecule has 0 N–H and O–H groups in total. The summed E-state index contributed by atoms with van der Waals surface area (Å²) in [5, 5.41) is 4.66. The van der Waals surface area contributed by atoms with Crippen LogP contribution in [0.4, 0.5) is 0 Å². The topological polar surface area (TPSA) is 14.1 Å². The Hall–Kier alpha value is -1.60. The SMILES string of the molecule is C[C@H]([N]Cc1ccccc1)c1ccccc1. The van der Waals surface area contributed by atoms with E-state index in [0.29, 0.717) is 0 Å². The third-order valence-electron chi connectivity index (χ3n) is 2.67. The van der Waals surface area contributed by atoms with Crippen molar-refractivity contribution in [2.45, 2.75) is 19.5 Å². The molecule has 0 saturated heterocycles. The van der Waals surface area contributed by atoms with Gasteiger partial charge in [0, 0.05) is 12.6 Å². The van der Waals surface area contributed by atoms with Gasteiger partial charge in [-0.05, 0) is 18.1 Å². The predicted molar refractivity (Wildman–Crippen MR) is 67.1 cm³/mol. The average Bonchev–Trinajstić information content (AvgIpc) is 2.38. The van der Waals surface area contributed by atoms with Crippen molar-refractivity contribution in [2.24, 2.45) is 0 Å². The molecule has 1 atom stereocenters. The van der Waals surface area contributed by atoms with E-state index in [4.69, 9.17) is 0 Å². The van der Waals surface area contributed by atoms with Crippen LogP contribution in [0.15, 0.2) is 60.7 Å². The first-order valence-corrected chi connectivity index (χ1v) is 5.62. The summed E-state index contributed by atoms with van der Waals surface area (Å²) in [5.41, 5.74) is 2.55. The second-order valence-electron chi connectivity index (χ2n) is 3.91. The lowest BCUT2D eigenvalue weighted by Gasteiger charge is -2.11. The molecule has 0 aliphatic rings. The minimum Gasteiger partial charge on any atom is -0.229 e. The van der Waals surface area contributed by atoms with Gasteiger partial charge in [0.1, 0.15) is 0 Å². The zero-order chi connectivity index (χ0) is 11.2. The molecule has 0 unspecified atom stereocenters. The van der Waals surface area contributed by atoms with Gasteiger partial charge in [-0.15, -0.1) is 0 Å². The summed E-state index contributed by atoms with van der Waals surface area (Å²) in [6.07, 6.45) is 0. The van der Waals surface area contributed by atoms with E-state index in [0.717, 1.165) is 6.54 Å². The molecule has 0 heterocycles. The van der Waals surface area contributed by atoms with Crippen molar-refractivity contribution in [3.05, 3.63) is 71.8 Å². The highest BCUT2D eigenvalue weighted by Crippen LogP contribution is 2.13. The van der Waals surface area contributed by atoms with Gasteiger partial charge >= 0.3 is 0 Å². The van der Waals surface area contributed by atoms with Crippen molar-refractivity contribution in [3.8, 4) is 0 Å². The molecule has 1 nitrogen and oxygen atoms in total. The van der Waals surface area contributed by atoms with Crippen LogP contribution in [0, 0.1) is 0 Å². The van der Waals surface area contributed by atoms with Crippen molar-refractivity contribution >= 4 is 0 Å². The number of benzene rings is 2. The molecule has 1 heteroatoms. The van der Waals surface area contributed by atoms with Crippen molar-refractivity contribution < 1.29 is 0 Å². The monoisotopic (exact) mass is 210 g/mol. The molecule has 16 heavy (non-hydrogen) atoms. The second kappa shape index (κ2) is 5.47. The van der Waals surface area contributed by atoms with Crippen LogP contribution in [0.1, 0.15) is 24.1 Å². The number of hydrogen-bond donors (Lipinski definition) is 0. The van der Waals surface area contributed by atoms with Gasteiger partial charge < -0.3 is 0 Å². The zero-order valence-corrected chi connectivity index (χ0v) is 9.51. The van der Waals surface area contributed by atoms with E-state index in [-0.39, 0.29) is 6.04 Å². The van der Waals surface area contributed by atoms with E-state index < -0.39 is 0 Å². The summed E-state index contributed by atoms with van der Waals surface area (Å²) in [5.74, 6) is 0. The molecule has 0 aliphatic carbocycles. The fraction of sp³-hybridized carbons (Fsp3) is 0.200. The van der Waals surface area contributed by atoms with E-state index in [1.54, 1.807) is 0 Å². The zero-order valence-electron chi connectivity index (χ0n) is 9.51. The Morgan fingerprint density at radius 1 is 0.875 bits per heavy atom. The Kier molecular flexibility index (Phi) is 3.73. The highest BCUT2D eigenvalue weighted by molar-refractivity contribution is 5.19. The van der Waals surface area contributed by atoms with E-state index in [1.165, 1.54) is 11.1 Å². The van der Waals surface area contributed by atoms with E-state index in [9.17, 15) is 0 Å². The highest BCUT2D eigenvalue weighted by atomic mass is 14.9. The summed E-state index contributed by atoms with van der Waals surface area (Å²) >= 11 is 0. The first kappa shape index (κ1) is 10.9. The second-order valence-corrected chi connectivity index (χ2v) is 3.91. The molecule has 81 valence electrons. The fourth-order valence-corrected chi connectivity index (χ4v) is 1.66. The Balaban J connectivity index is 1.92. The quantitative estimate of drug-likeness (QED) is 0.732. The van der Waals surface area contributed by atoms with Crippen LogP contribution in [-0.2, 0) is 6.54 Å². The molecule has 2 aromatic carbocycles. The summed E-state index contributed by atoms with van der Waals surface area (Å²) in [7, 11) is 0. The van der Waals surface area contributed by atoms with Crippen LogP contribution in [0.5, 0.6) is 0 Å². The molecule has 0 amide bonds. The maximum atomic E-state index is 4.66. The molecular weight excluding hydrogens is 194 g/mol.